The number of likely N-dealkylation sites (tertiary alicyclic amines) is 1. The molecule has 0 spiro atoms. The van der Waals surface area contributed by atoms with Crippen molar-refractivity contribution in [3.05, 3.63) is 71.3 Å². The minimum absolute atomic E-state index is 0.00355. The smallest absolute Gasteiger partial charge is 0.320 e. The molecule has 10 nitrogen and oxygen atoms in total. The fraction of sp³-hybridized carbons (Fsp3) is 0.355. The van der Waals surface area contributed by atoms with Gasteiger partial charge in [0.1, 0.15) is 5.65 Å². The lowest BCUT2D eigenvalue weighted by atomic mass is 9.97. The molecular weight excluding hydrogens is 516 g/mol. The van der Waals surface area contributed by atoms with Gasteiger partial charge in [-0.3, -0.25) is 9.20 Å². The number of Topliss-reactive ketones (excluding diaryl/α,β-unsaturated/α-hetero) is 1. The second kappa shape index (κ2) is 9.78. The van der Waals surface area contributed by atoms with Crippen LogP contribution in [0.25, 0.3) is 27.8 Å². The second-order valence-corrected chi connectivity index (χ2v) is 11.4. The van der Waals surface area contributed by atoms with Crippen LogP contribution in [0.5, 0.6) is 0 Å². The molecule has 0 aliphatic carbocycles. The van der Waals surface area contributed by atoms with E-state index in [2.05, 4.69) is 39.9 Å². The zero-order valence-electron chi connectivity index (χ0n) is 23.3. The predicted octanol–water partition coefficient (Wildman–Crippen LogP) is 3.16. The normalized spacial score (nSPS) is 18.0. The Kier molecular flexibility index (Phi) is 6.05. The van der Waals surface area contributed by atoms with Crippen molar-refractivity contribution in [3.63, 3.8) is 0 Å². The van der Waals surface area contributed by atoms with Gasteiger partial charge in [0, 0.05) is 62.1 Å². The van der Waals surface area contributed by atoms with Crippen molar-refractivity contribution in [2.75, 3.05) is 40.3 Å². The summed E-state index contributed by atoms with van der Waals surface area (Å²) in [7, 11) is 4.19. The van der Waals surface area contributed by atoms with E-state index in [-0.39, 0.29) is 18.4 Å². The van der Waals surface area contributed by atoms with Crippen LogP contribution >= 0.6 is 0 Å². The summed E-state index contributed by atoms with van der Waals surface area (Å²) in [4.78, 5) is 37.6. The highest BCUT2D eigenvalue weighted by molar-refractivity contribution is 6.33. The van der Waals surface area contributed by atoms with Crippen molar-refractivity contribution >= 4 is 39.6 Å². The molecule has 6 heterocycles. The molecule has 1 fully saturated rings. The third-order valence-electron chi connectivity index (χ3n) is 8.79. The Hall–Kier alpha value is -4.62. The van der Waals surface area contributed by atoms with E-state index in [4.69, 9.17) is 0 Å². The summed E-state index contributed by atoms with van der Waals surface area (Å²) >= 11 is 0. The number of nitrogens with zero attached hydrogens (tertiary/aromatic N) is 7. The molecule has 0 radical (unpaired) electrons. The molecular formula is C31H32N8O2. The average Bonchev–Trinajstić information content (AvgIpc) is 3.65. The SMILES string of the molecule is CN(C)C1CCN(C(=O)N2CCn3cc(C4=C(c5cnc6ccccn56)NCC4=O)c4cc(C#N)cc(c43)C2)CC1. The van der Waals surface area contributed by atoms with Gasteiger partial charge in [-0.05, 0) is 56.8 Å². The zero-order chi connectivity index (χ0) is 28.2. The molecule has 2 amide bonds. The molecule has 3 aliphatic heterocycles. The number of piperidine rings is 1. The van der Waals surface area contributed by atoms with E-state index in [9.17, 15) is 14.9 Å². The molecule has 208 valence electrons. The number of amides is 2. The summed E-state index contributed by atoms with van der Waals surface area (Å²) in [6.07, 6.45) is 7.69. The summed E-state index contributed by atoms with van der Waals surface area (Å²) in [5.41, 5.74) is 6.20. The maximum Gasteiger partial charge on any atom is 0.320 e. The Morgan fingerprint density at radius 2 is 1.95 bits per heavy atom. The number of nitrogens with one attached hydrogen (secondary N) is 1. The molecule has 3 aliphatic rings. The predicted molar refractivity (Wildman–Crippen MR) is 156 cm³/mol. The highest BCUT2D eigenvalue weighted by atomic mass is 16.2. The van der Waals surface area contributed by atoms with E-state index in [1.54, 1.807) is 6.20 Å². The number of carbonyl (C=O) groups excluding carboxylic acids is 2. The number of imidazole rings is 1. The van der Waals surface area contributed by atoms with E-state index in [1.807, 2.05) is 56.9 Å². The van der Waals surface area contributed by atoms with Gasteiger partial charge in [0.05, 0.1) is 46.9 Å². The number of aromatic nitrogens is 3. The van der Waals surface area contributed by atoms with Crippen molar-refractivity contribution in [1.29, 1.82) is 5.26 Å². The van der Waals surface area contributed by atoms with Crippen molar-refractivity contribution in [1.82, 2.24) is 34.0 Å². The highest BCUT2D eigenvalue weighted by Gasteiger charge is 2.33. The topological polar surface area (TPSA) is 102 Å². The lowest BCUT2D eigenvalue weighted by Crippen LogP contribution is -2.49. The van der Waals surface area contributed by atoms with E-state index in [0.717, 1.165) is 65.0 Å². The number of fused-ring (bicyclic) bond motifs is 1. The van der Waals surface area contributed by atoms with Crippen LogP contribution in [0.4, 0.5) is 4.79 Å². The molecule has 0 bridgehead atoms. The molecule has 0 unspecified atom stereocenters. The van der Waals surface area contributed by atoms with Crippen LogP contribution in [0, 0.1) is 11.3 Å². The van der Waals surface area contributed by atoms with Gasteiger partial charge < -0.3 is 24.6 Å². The number of nitriles is 1. The number of carbonyl (C=O) groups is 2. The number of hydrogen-bond donors (Lipinski definition) is 1. The number of hydrogen-bond acceptors (Lipinski definition) is 6. The monoisotopic (exact) mass is 548 g/mol. The Morgan fingerprint density at radius 1 is 1.12 bits per heavy atom. The Labute approximate surface area is 238 Å². The molecule has 1 aromatic carbocycles. The quantitative estimate of drug-likeness (QED) is 0.422. The van der Waals surface area contributed by atoms with Gasteiger partial charge in [-0.25, -0.2) is 9.78 Å². The Bertz CT molecular complexity index is 1780. The standard InChI is InChI=1S/C31H32N8O2/c1-35(2)22-6-9-36(10-7-22)31(41)38-12-11-37-19-24(23-14-20(15-32)13-21(18-38)30(23)37)28-26(40)17-34-29(28)25-16-33-27-5-3-4-8-39(25)27/h3-5,8,13-14,16,19,22,34H,6-7,9-12,17-18H2,1-2H3. The first-order valence-corrected chi connectivity index (χ1v) is 14.1. The first-order valence-electron chi connectivity index (χ1n) is 14.1. The second-order valence-electron chi connectivity index (χ2n) is 11.4. The average molecular weight is 549 g/mol. The summed E-state index contributed by atoms with van der Waals surface area (Å²) in [6.45, 7) is 3.28. The van der Waals surface area contributed by atoms with E-state index < -0.39 is 0 Å². The van der Waals surface area contributed by atoms with E-state index in [1.165, 1.54) is 0 Å². The fourth-order valence-corrected chi connectivity index (χ4v) is 6.65. The number of ketones is 1. The third-order valence-corrected chi connectivity index (χ3v) is 8.79. The molecule has 7 rings (SSSR count). The molecule has 10 heteroatoms. The molecule has 0 saturated carbocycles. The van der Waals surface area contributed by atoms with Crippen LogP contribution in [0.15, 0.2) is 48.9 Å². The minimum atomic E-state index is 0.00355. The van der Waals surface area contributed by atoms with E-state index >= 15 is 0 Å². The van der Waals surface area contributed by atoms with Gasteiger partial charge in [0.15, 0.2) is 5.78 Å². The van der Waals surface area contributed by atoms with Gasteiger partial charge >= 0.3 is 6.03 Å². The van der Waals surface area contributed by atoms with Crippen LogP contribution in [-0.4, -0.2) is 86.8 Å². The van der Waals surface area contributed by atoms with Crippen LogP contribution in [-0.2, 0) is 17.9 Å². The number of urea groups is 1. The van der Waals surface area contributed by atoms with Gasteiger partial charge in [-0.2, -0.15) is 5.26 Å². The maximum atomic E-state index is 13.6. The fourth-order valence-electron chi connectivity index (χ4n) is 6.65. The molecule has 1 saturated heterocycles. The maximum absolute atomic E-state index is 13.6. The van der Waals surface area contributed by atoms with Gasteiger partial charge in [0.2, 0.25) is 0 Å². The van der Waals surface area contributed by atoms with Crippen molar-refractivity contribution < 1.29 is 9.59 Å². The van der Waals surface area contributed by atoms with Crippen LogP contribution in [0.3, 0.4) is 0 Å². The lowest BCUT2D eigenvalue weighted by Gasteiger charge is -2.37. The number of benzene rings is 1. The summed E-state index contributed by atoms with van der Waals surface area (Å²) in [5.74, 6) is 0.00355. The first kappa shape index (κ1) is 25.4. The molecule has 3 aromatic heterocycles. The van der Waals surface area contributed by atoms with E-state index in [0.29, 0.717) is 36.8 Å². The Morgan fingerprint density at radius 3 is 2.73 bits per heavy atom. The van der Waals surface area contributed by atoms with Crippen LogP contribution in [0.2, 0.25) is 0 Å². The van der Waals surface area contributed by atoms with Crippen molar-refractivity contribution in [2.24, 2.45) is 0 Å². The first-order chi connectivity index (χ1) is 19.9. The lowest BCUT2D eigenvalue weighted by molar-refractivity contribution is -0.112. The van der Waals surface area contributed by atoms with Crippen LogP contribution < -0.4 is 5.32 Å². The minimum Gasteiger partial charge on any atom is -0.375 e. The Balaban J connectivity index is 1.29. The number of rotatable bonds is 3. The van der Waals surface area contributed by atoms with Crippen LogP contribution in [0.1, 0.15) is 35.2 Å². The summed E-state index contributed by atoms with van der Waals surface area (Å²) < 4.78 is 4.12. The zero-order valence-corrected chi connectivity index (χ0v) is 23.3. The van der Waals surface area contributed by atoms with Gasteiger partial charge in [-0.1, -0.05) is 6.07 Å². The molecule has 4 aromatic rings. The third kappa shape index (κ3) is 4.16. The highest BCUT2D eigenvalue weighted by Crippen LogP contribution is 2.38. The van der Waals surface area contributed by atoms with Crippen molar-refractivity contribution in [3.8, 4) is 6.07 Å². The molecule has 1 N–H and O–H groups in total. The molecule has 41 heavy (non-hydrogen) atoms. The summed E-state index contributed by atoms with van der Waals surface area (Å²) in [6, 6.07) is 12.4. The van der Waals surface area contributed by atoms with Crippen molar-refractivity contribution in [2.45, 2.75) is 32.0 Å². The summed E-state index contributed by atoms with van der Waals surface area (Å²) in [5, 5.41) is 14.1. The van der Waals surface area contributed by atoms with Gasteiger partial charge in [0.25, 0.3) is 0 Å². The van der Waals surface area contributed by atoms with Gasteiger partial charge in [-0.15, -0.1) is 0 Å². The number of pyridine rings is 1. The molecule has 0 atom stereocenters. The largest absolute Gasteiger partial charge is 0.375 e.